The van der Waals surface area contributed by atoms with Crippen molar-refractivity contribution in [1.82, 2.24) is 20.3 Å². The number of hydrogen-bond acceptors (Lipinski definition) is 7. The molecule has 5 rings (SSSR count). The lowest BCUT2D eigenvalue weighted by molar-refractivity contribution is -0.275. The molecule has 0 radical (unpaired) electrons. The minimum Gasteiger partial charge on any atom is -0.493 e. The van der Waals surface area contributed by atoms with Crippen molar-refractivity contribution in [2.75, 3.05) is 25.5 Å². The Bertz CT molecular complexity index is 1540. The summed E-state index contributed by atoms with van der Waals surface area (Å²) in [6.45, 7) is 3.49. The summed E-state index contributed by atoms with van der Waals surface area (Å²) in [5.74, 6) is -7.45. The summed E-state index contributed by atoms with van der Waals surface area (Å²) in [7, 11) is 1.07. The molecule has 2 saturated heterocycles. The maximum absolute atomic E-state index is 14.7. The summed E-state index contributed by atoms with van der Waals surface area (Å²) in [4.78, 5) is 36.5. The summed E-state index contributed by atoms with van der Waals surface area (Å²) in [6, 6.07) is 3.32. The Morgan fingerprint density at radius 2 is 1.88 bits per heavy atom. The van der Waals surface area contributed by atoms with Crippen LogP contribution in [-0.4, -0.2) is 58.7 Å². The second-order valence-corrected chi connectivity index (χ2v) is 10.7. The van der Waals surface area contributed by atoms with Gasteiger partial charge in [-0.1, -0.05) is 13.0 Å². The van der Waals surface area contributed by atoms with Gasteiger partial charge < -0.3 is 30.8 Å². The highest BCUT2D eigenvalue weighted by molar-refractivity contribution is 6.04. The normalized spacial score (nSPS) is 25.1. The number of nitrogens with one attached hydrogen (secondary N) is 3. The first-order valence-electron chi connectivity index (χ1n) is 13.2. The number of halogens is 5. The molecule has 42 heavy (non-hydrogen) atoms. The molecule has 0 bridgehead atoms. The van der Waals surface area contributed by atoms with Crippen molar-refractivity contribution in [2.45, 2.75) is 50.5 Å². The SMILES string of the molecule is COc1c([C@@H]2C(C)[C@](C)(C(F)(F)F)O[C@H]2c2nc3c(C(N)=O)nc(NC(=O)C4CCNCC4)cc3[nH]2)ccc(F)c1F. The van der Waals surface area contributed by atoms with Crippen molar-refractivity contribution in [3.8, 4) is 5.75 Å². The average molecular weight is 597 g/mol. The Hall–Kier alpha value is -3.85. The maximum Gasteiger partial charge on any atom is 0.417 e. The molecule has 2 fully saturated rings. The van der Waals surface area contributed by atoms with Gasteiger partial charge in [-0.3, -0.25) is 9.59 Å². The molecule has 5 N–H and O–H groups in total. The number of nitrogens with two attached hydrogens (primary N) is 1. The molecule has 10 nitrogen and oxygen atoms in total. The van der Waals surface area contributed by atoms with Gasteiger partial charge in [0.25, 0.3) is 5.91 Å². The number of carbonyl (C=O) groups excluding carboxylic acids is 2. The van der Waals surface area contributed by atoms with Gasteiger partial charge in [0, 0.05) is 29.4 Å². The molecule has 2 aliphatic rings. The Labute approximate surface area is 236 Å². The molecular weight excluding hydrogens is 567 g/mol. The zero-order valence-electron chi connectivity index (χ0n) is 22.9. The van der Waals surface area contributed by atoms with E-state index in [1.807, 2.05) is 0 Å². The lowest BCUT2D eigenvalue weighted by Crippen LogP contribution is -2.46. The summed E-state index contributed by atoms with van der Waals surface area (Å²) in [5, 5.41) is 5.83. The van der Waals surface area contributed by atoms with Crippen LogP contribution in [0.5, 0.6) is 5.75 Å². The van der Waals surface area contributed by atoms with Gasteiger partial charge in [0.1, 0.15) is 23.3 Å². The number of carbonyl (C=O) groups is 2. The van der Waals surface area contributed by atoms with Crippen molar-refractivity contribution in [3.05, 3.63) is 46.9 Å². The van der Waals surface area contributed by atoms with Crippen molar-refractivity contribution in [3.63, 3.8) is 0 Å². The van der Waals surface area contributed by atoms with Crippen molar-refractivity contribution in [1.29, 1.82) is 0 Å². The van der Waals surface area contributed by atoms with E-state index in [1.54, 1.807) is 0 Å². The van der Waals surface area contributed by atoms with Gasteiger partial charge in [0.15, 0.2) is 22.9 Å². The van der Waals surface area contributed by atoms with Crippen LogP contribution < -0.4 is 21.1 Å². The number of piperidine rings is 1. The zero-order chi connectivity index (χ0) is 30.6. The van der Waals surface area contributed by atoms with E-state index in [9.17, 15) is 31.5 Å². The minimum atomic E-state index is -4.86. The second-order valence-electron chi connectivity index (χ2n) is 10.7. The fourth-order valence-electron chi connectivity index (χ4n) is 5.77. The molecule has 0 aliphatic carbocycles. The third-order valence-electron chi connectivity index (χ3n) is 8.26. The molecule has 0 saturated carbocycles. The molecule has 2 aromatic heterocycles. The molecule has 15 heteroatoms. The van der Waals surface area contributed by atoms with Crippen molar-refractivity contribution in [2.24, 2.45) is 17.6 Å². The standard InChI is InChI=1S/C27H29F5N6O4/c1-11-17(13-4-5-14(28)18(29)21(13)41-3)22(42-26(11,2)27(30,31)32)24-35-15-10-16(36-20(23(33)39)19(15)38-24)37-25(40)12-6-8-34-9-7-12/h4-5,10-12,17,22,34H,6-9H2,1-3H3,(H2,33,39)(H,35,38)(H,36,37,40)/t11?,17-,22+,26+/m0/s1. The van der Waals surface area contributed by atoms with Crippen LogP contribution in [0.4, 0.5) is 27.8 Å². The van der Waals surface area contributed by atoms with Crippen LogP contribution in [0.15, 0.2) is 18.2 Å². The Balaban J connectivity index is 1.61. The van der Waals surface area contributed by atoms with E-state index in [0.717, 1.165) is 26.2 Å². The molecule has 4 atom stereocenters. The van der Waals surface area contributed by atoms with Gasteiger partial charge in [0.2, 0.25) is 11.7 Å². The number of aromatic nitrogens is 3. The third kappa shape index (κ3) is 4.93. The van der Waals surface area contributed by atoms with Crippen molar-refractivity contribution < 1.29 is 41.0 Å². The summed E-state index contributed by atoms with van der Waals surface area (Å²) < 4.78 is 82.6. The van der Waals surface area contributed by atoms with E-state index in [-0.39, 0.29) is 45.8 Å². The number of hydrogen-bond donors (Lipinski definition) is 4. The predicted octanol–water partition coefficient (Wildman–Crippen LogP) is 4.09. The molecule has 2 aliphatic heterocycles. The minimum absolute atomic E-state index is 0.00491. The summed E-state index contributed by atoms with van der Waals surface area (Å²) in [6.07, 6.45) is -5.13. The number of amides is 2. The van der Waals surface area contributed by atoms with Gasteiger partial charge in [-0.05, 0) is 38.9 Å². The van der Waals surface area contributed by atoms with Gasteiger partial charge in [0.05, 0.1) is 12.6 Å². The number of H-pyrrole nitrogens is 1. The molecule has 0 spiro atoms. The number of aromatic amines is 1. The highest BCUT2D eigenvalue weighted by atomic mass is 19.4. The van der Waals surface area contributed by atoms with Crippen LogP contribution in [0.1, 0.15) is 60.6 Å². The second kappa shape index (κ2) is 10.8. The topological polar surface area (TPSA) is 144 Å². The van der Waals surface area contributed by atoms with E-state index in [1.165, 1.54) is 13.0 Å². The number of rotatable bonds is 6. The van der Waals surface area contributed by atoms with E-state index in [0.29, 0.717) is 25.9 Å². The fourth-order valence-corrected chi connectivity index (χ4v) is 5.77. The molecule has 4 heterocycles. The number of alkyl halides is 3. The van der Waals surface area contributed by atoms with Crippen molar-refractivity contribution >= 4 is 28.7 Å². The van der Waals surface area contributed by atoms with Crippen LogP contribution in [0.25, 0.3) is 11.0 Å². The molecular formula is C27H29F5N6O4. The number of fused-ring (bicyclic) bond motifs is 1. The predicted molar refractivity (Wildman–Crippen MR) is 140 cm³/mol. The number of anilines is 1. The first-order chi connectivity index (χ1) is 19.8. The Morgan fingerprint density at radius 3 is 2.50 bits per heavy atom. The lowest BCUT2D eigenvalue weighted by Gasteiger charge is -2.32. The van der Waals surface area contributed by atoms with E-state index < -0.39 is 53.0 Å². The lowest BCUT2D eigenvalue weighted by atomic mass is 9.77. The van der Waals surface area contributed by atoms with Crippen LogP contribution in [0.3, 0.4) is 0 Å². The highest BCUT2D eigenvalue weighted by Gasteiger charge is 2.65. The van der Waals surface area contributed by atoms with Crippen LogP contribution in [0.2, 0.25) is 0 Å². The monoisotopic (exact) mass is 596 g/mol. The third-order valence-corrected chi connectivity index (χ3v) is 8.26. The largest absolute Gasteiger partial charge is 0.493 e. The van der Waals surface area contributed by atoms with E-state index in [2.05, 4.69) is 25.6 Å². The van der Waals surface area contributed by atoms with Gasteiger partial charge >= 0.3 is 6.18 Å². The summed E-state index contributed by atoms with van der Waals surface area (Å²) in [5.41, 5.74) is 2.50. The first-order valence-corrected chi connectivity index (χ1v) is 13.2. The van der Waals surface area contributed by atoms with E-state index in [4.69, 9.17) is 15.2 Å². The number of methoxy groups -OCH3 is 1. The molecule has 226 valence electrons. The highest BCUT2D eigenvalue weighted by Crippen LogP contribution is 2.59. The van der Waals surface area contributed by atoms with Crippen LogP contribution in [0, 0.1) is 23.5 Å². The number of imidazole rings is 1. The van der Waals surface area contributed by atoms with Gasteiger partial charge in [-0.25, -0.2) is 14.4 Å². The zero-order valence-corrected chi connectivity index (χ0v) is 22.9. The Morgan fingerprint density at radius 1 is 1.19 bits per heavy atom. The smallest absolute Gasteiger partial charge is 0.417 e. The van der Waals surface area contributed by atoms with E-state index >= 15 is 0 Å². The van der Waals surface area contributed by atoms with Gasteiger partial charge in [-0.2, -0.15) is 17.6 Å². The quantitative estimate of drug-likeness (QED) is 0.314. The number of ether oxygens (including phenoxy) is 2. The van der Waals surface area contributed by atoms with Gasteiger partial charge in [-0.15, -0.1) is 0 Å². The maximum atomic E-state index is 14.7. The number of benzene rings is 1. The number of primary amides is 1. The van der Waals surface area contributed by atoms with Crippen LogP contribution in [-0.2, 0) is 9.53 Å². The Kier molecular flexibility index (Phi) is 7.60. The number of nitrogens with zero attached hydrogens (tertiary/aromatic N) is 2. The average Bonchev–Trinajstić information content (AvgIpc) is 3.49. The molecule has 1 unspecified atom stereocenters. The fraction of sp³-hybridized carbons (Fsp3) is 0.481. The number of pyridine rings is 1. The molecule has 2 amide bonds. The van der Waals surface area contributed by atoms with Crippen LogP contribution >= 0.6 is 0 Å². The first kappa shape index (κ1) is 29.6. The molecule has 1 aromatic carbocycles. The molecule has 3 aromatic rings. The summed E-state index contributed by atoms with van der Waals surface area (Å²) >= 11 is 0.